The highest BCUT2D eigenvalue weighted by molar-refractivity contribution is 5.98. The highest BCUT2D eigenvalue weighted by Crippen LogP contribution is 2.37. The average Bonchev–Trinajstić information content (AvgIpc) is 2.34. The highest BCUT2D eigenvalue weighted by Gasteiger charge is 2.32. The molecule has 0 saturated carbocycles. The molecule has 0 radical (unpaired) electrons. The number of anilines is 1. The monoisotopic (exact) mass is 308 g/mol. The fourth-order valence-corrected chi connectivity index (χ4v) is 2.67. The van der Waals surface area contributed by atoms with E-state index in [1.807, 2.05) is 44.4 Å². The Kier molecular flexibility index (Phi) is 5.99. The van der Waals surface area contributed by atoms with E-state index in [0.29, 0.717) is 13.0 Å². The van der Waals surface area contributed by atoms with Gasteiger partial charge in [0, 0.05) is 29.9 Å². The summed E-state index contributed by atoms with van der Waals surface area (Å²) in [5, 5.41) is 3.45. The van der Waals surface area contributed by atoms with Crippen molar-refractivity contribution in [3.8, 4) is 0 Å². The van der Waals surface area contributed by atoms with Crippen molar-refractivity contribution in [2.75, 3.05) is 26.0 Å². The molecule has 0 aliphatic heterocycles. The molecule has 1 aliphatic rings. The van der Waals surface area contributed by atoms with Crippen molar-refractivity contribution in [2.45, 2.75) is 26.7 Å². The minimum atomic E-state index is 0. The SMILES string of the molecule is CN(C)CC1=C(Nc2ccccc2)CC(C)(C)CC1=O.Cl. The summed E-state index contributed by atoms with van der Waals surface area (Å²) >= 11 is 0. The van der Waals surface area contributed by atoms with Gasteiger partial charge in [-0.05, 0) is 38.1 Å². The quantitative estimate of drug-likeness (QED) is 0.920. The van der Waals surface area contributed by atoms with E-state index in [0.717, 1.165) is 23.4 Å². The Bertz CT molecular complexity index is 521. The zero-order chi connectivity index (χ0) is 14.8. The van der Waals surface area contributed by atoms with Crippen LogP contribution in [0, 0.1) is 5.41 Å². The molecule has 0 amide bonds. The lowest BCUT2D eigenvalue weighted by Gasteiger charge is -2.33. The number of benzene rings is 1. The van der Waals surface area contributed by atoms with E-state index in [1.165, 1.54) is 0 Å². The molecule has 0 saturated heterocycles. The number of hydrogen-bond donors (Lipinski definition) is 1. The van der Waals surface area contributed by atoms with Gasteiger partial charge in [-0.2, -0.15) is 0 Å². The molecule has 1 aromatic rings. The van der Waals surface area contributed by atoms with Gasteiger partial charge in [-0.3, -0.25) is 4.79 Å². The van der Waals surface area contributed by atoms with E-state index in [1.54, 1.807) is 0 Å². The van der Waals surface area contributed by atoms with Gasteiger partial charge in [0.25, 0.3) is 0 Å². The maximum absolute atomic E-state index is 12.4. The number of nitrogens with zero attached hydrogens (tertiary/aromatic N) is 1. The van der Waals surface area contributed by atoms with Crippen molar-refractivity contribution >= 4 is 23.9 Å². The van der Waals surface area contributed by atoms with Gasteiger partial charge in [0.05, 0.1) is 0 Å². The van der Waals surface area contributed by atoms with E-state index in [-0.39, 0.29) is 23.6 Å². The third-order valence-corrected chi connectivity index (χ3v) is 3.54. The van der Waals surface area contributed by atoms with Crippen molar-refractivity contribution in [3.63, 3.8) is 0 Å². The molecule has 21 heavy (non-hydrogen) atoms. The van der Waals surface area contributed by atoms with Crippen LogP contribution >= 0.6 is 12.4 Å². The van der Waals surface area contributed by atoms with Gasteiger partial charge in [0.1, 0.15) is 0 Å². The predicted octanol–water partition coefficient (Wildman–Crippen LogP) is 3.73. The fraction of sp³-hybridized carbons (Fsp3) is 0.471. The molecule has 0 aromatic heterocycles. The van der Waals surface area contributed by atoms with E-state index in [9.17, 15) is 4.79 Å². The van der Waals surface area contributed by atoms with Crippen LogP contribution in [0.3, 0.4) is 0 Å². The molecule has 0 unspecified atom stereocenters. The second kappa shape index (κ2) is 7.10. The van der Waals surface area contributed by atoms with Crippen LogP contribution in [0.4, 0.5) is 5.69 Å². The minimum absolute atomic E-state index is 0. The Hall–Kier alpha value is -1.32. The molecule has 0 heterocycles. The number of rotatable bonds is 4. The summed E-state index contributed by atoms with van der Waals surface area (Å²) in [6.45, 7) is 5.01. The number of ketones is 1. The number of para-hydroxylation sites is 1. The van der Waals surface area contributed by atoms with E-state index >= 15 is 0 Å². The van der Waals surface area contributed by atoms with Crippen molar-refractivity contribution < 1.29 is 4.79 Å². The van der Waals surface area contributed by atoms with Crippen molar-refractivity contribution in [1.82, 2.24) is 4.90 Å². The van der Waals surface area contributed by atoms with E-state index in [4.69, 9.17) is 0 Å². The molecule has 116 valence electrons. The van der Waals surface area contributed by atoms with Crippen molar-refractivity contribution in [2.24, 2.45) is 5.41 Å². The largest absolute Gasteiger partial charge is 0.359 e. The van der Waals surface area contributed by atoms with Gasteiger partial charge < -0.3 is 10.2 Å². The second-order valence-electron chi connectivity index (χ2n) is 6.63. The topological polar surface area (TPSA) is 32.3 Å². The van der Waals surface area contributed by atoms with Crippen LogP contribution in [0.5, 0.6) is 0 Å². The fourth-order valence-electron chi connectivity index (χ4n) is 2.67. The Balaban J connectivity index is 0.00000220. The number of carbonyl (C=O) groups is 1. The van der Waals surface area contributed by atoms with Crippen LogP contribution in [0.1, 0.15) is 26.7 Å². The number of carbonyl (C=O) groups excluding carboxylic acids is 1. The smallest absolute Gasteiger partial charge is 0.162 e. The molecule has 1 N–H and O–H groups in total. The Morgan fingerprint density at radius 2 is 1.76 bits per heavy atom. The predicted molar refractivity (Wildman–Crippen MR) is 90.9 cm³/mol. The first kappa shape index (κ1) is 17.7. The summed E-state index contributed by atoms with van der Waals surface area (Å²) in [5.74, 6) is 0.272. The summed E-state index contributed by atoms with van der Waals surface area (Å²) in [4.78, 5) is 14.5. The maximum Gasteiger partial charge on any atom is 0.162 e. The molecule has 0 atom stereocenters. The van der Waals surface area contributed by atoms with Crippen LogP contribution < -0.4 is 5.32 Å². The standard InChI is InChI=1S/C17H24N2O.ClH/c1-17(2)10-15(18-13-8-6-5-7-9-13)14(12-19(3)4)16(20)11-17;/h5-9,18H,10-12H2,1-4H3;1H. The first-order valence-corrected chi connectivity index (χ1v) is 7.09. The zero-order valence-corrected chi connectivity index (χ0v) is 14.1. The third-order valence-electron chi connectivity index (χ3n) is 3.54. The molecular weight excluding hydrogens is 284 g/mol. The molecule has 4 heteroatoms. The number of halogens is 1. The number of Topliss-reactive ketones (excluding diaryl/α,β-unsaturated/α-hetero) is 1. The number of nitrogens with one attached hydrogen (secondary N) is 1. The van der Waals surface area contributed by atoms with Crippen LogP contribution in [-0.4, -0.2) is 31.3 Å². The Labute approximate surface area is 133 Å². The first-order chi connectivity index (χ1) is 9.37. The minimum Gasteiger partial charge on any atom is -0.359 e. The van der Waals surface area contributed by atoms with Crippen LogP contribution in [0.2, 0.25) is 0 Å². The van der Waals surface area contributed by atoms with Gasteiger partial charge in [0.2, 0.25) is 0 Å². The second-order valence-corrected chi connectivity index (χ2v) is 6.63. The molecule has 2 rings (SSSR count). The molecule has 3 nitrogen and oxygen atoms in total. The molecular formula is C17H25ClN2O. The first-order valence-electron chi connectivity index (χ1n) is 7.09. The number of allylic oxidation sites excluding steroid dienone is 1. The lowest BCUT2D eigenvalue weighted by atomic mass is 9.75. The third kappa shape index (κ3) is 4.87. The summed E-state index contributed by atoms with van der Waals surface area (Å²) in [6.07, 6.45) is 1.55. The van der Waals surface area contributed by atoms with Gasteiger partial charge in [-0.25, -0.2) is 0 Å². The Morgan fingerprint density at radius 3 is 2.33 bits per heavy atom. The molecule has 1 aliphatic carbocycles. The highest BCUT2D eigenvalue weighted by atomic mass is 35.5. The lowest BCUT2D eigenvalue weighted by molar-refractivity contribution is -0.118. The molecule has 0 fully saturated rings. The van der Waals surface area contributed by atoms with Gasteiger partial charge >= 0.3 is 0 Å². The summed E-state index contributed by atoms with van der Waals surface area (Å²) in [6, 6.07) is 10.1. The molecule has 1 aromatic carbocycles. The van der Waals surface area contributed by atoms with Crippen LogP contribution in [0.15, 0.2) is 41.6 Å². The maximum atomic E-state index is 12.4. The van der Waals surface area contributed by atoms with E-state index < -0.39 is 0 Å². The van der Waals surface area contributed by atoms with Gasteiger partial charge in [-0.15, -0.1) is 12.4 Å². The molecule has 0 bridgehead atoms. The Morgan fingerprint density at radius 1 is 1.14 bits per heavy atom. The number of likely N-dealkylation sites (N-methyl/N-ethyl adjacent to an activating group) is 1. The summed E-state index contributed by atoms with van der Waals surface area (Å²) in [7, 11) is 4.00. The van der Waals surface area contributed by atoms with Crippen LogP contribution in [0.25, 0.3) is 0 Å². The van der Waals surface area contributed by atoms with Crippen molar-refractivity contribution in [3.05, 3.63) is 41.6 Å². The van der Waals surface area contributed by atoms with Crippen LogP contribution in [-0.2, 0) is 4.79 Å². The average molecular weight is 309 g/mol. The summed E-state index contributed by atoms with van der Waals surface area (Å²) in [5.41, 5.74) is 3.08. The van der Waals surface area contributed by atoms with Gasteiger partial charge in [-0.1, -0.05) is 32.0 Å². The molecule has 0 spiro atoms. The normalized spacial score (nSPS) is 17.7. The van der Waals surface area contributed by atoms with E-state index in [2.05, 4.69) is 24.1 Å². The van der Waals surface area contributed by atoms with Crippen molar-refractivity contribution in [1.29, 1.82) is 0 Å². The summed E-state index contributed by atoms with van der Waals surface area (Å²) < 4.78 is 0. The zero-order valence-electron chi connectivity index (χ0n) is 13.3. The van der Waals surface area contributed by atoms with Gasteiger partial charge in [0.15, 0.2) is 5.78 Å². The number of hydrogen-bond acceptors (Lipinski definition) is 3. The lowest BCUT2D eigenvalue weighted by Crippen LogP contribution is -2.32.